The van der Waals surface area contributed by atoms with E-state index in [-0.39, 0.29) is 12.5 Å². The average molecular weight is 346 g/mol. The molecule has 0 atom stereocenters. The van der Waals surface area contributed by atoms with Gasteiger partial charge in [-0.05, 0) is 30.3 Å². The summed E-state index contributed by atoms with van der Waals surface area (Å²) >= 11 is 5.95. The summed E-state index contributed by atoms with van der Waals surface area (Å²) in [4.78, 5) is 39.9. The Labute approximate surface area is 144 Å². The Balaban J connectivity index is 1.71. The molecular weight excluding hydrogens is 330 g/mol. The maximum atomic E-state index is 12.4. The summed E-state index contributed by atoms with van der Waals surface area (Å²) < 4.78 is 1.59. The lowest BCUT2D eigenvalue weighted by atomic mass is 10.2. The largest absolute Gasteiger partial charge is 0.348 e. The fourth-order valence-corrected chi connectivity index (χ4v) is 2.90. The number of Topliss-reactive ketones (excluding diaryl/α,β-unsaturated/α-hetero) is 1. The van der Waals surface area contributed by atoms with Gasteiger partial charge in [-0.3, -0.25) is 14.4 Å². The van der Waals surface area contributed by atoms with Crippen LogP contribution < -0.4 is 4.90 Å². The van der Waals surface area contributed by atoms with Gasteiger partial charge < -0.3 is 14.4 Å². The number of rotatable bonds is 3. The third-order valence-electron chi connectivity index (χ3n) is 4.00. The Bertz CT molecular complexity index is 815. The molecule has 0 saturated carbocycles. The Morgan fingerprint density at radius 2 is 1.92 bits per heavy atom. The van der Waals surface area contributed by atoms with E-state index in [0.717, 1.165) is 0 Å². The zero-order chi connectivity index (χ0) is 17.3. The second-order valence-electron chi connectivity index (χ2n) is 5.59. The van der Waals surface area contributed by atoms with Gasteiger partial charge in [0.05, 0.1) is 5.69 Å². The molecule has 0 bridgehead atoms. The van der Waals surface area contributed by atoms with Gasteiger partial charge in [-0.1, -0.05) is 17.7 Å². The van der Waals surface area contributed by atoms with Crippen LogP contribution in [0.2, 0.25) is 5.02 Å². The van der Waals surface area contributed by atoms with Crippen LogP contribution in [0.4, 0.5) is 5.69 Å². The molecule has 0 unspecified atom stereocenters. The van der Waals surface area contributed by atoms with Crippen LogP contribution in [0.5, 0.6) is 0 Å². The number of ketones is 1. The third kappa shape index (κ3) is 3.05. The summed E-state index contributed by atoms with van der Waals surface area (Å²) in [5.41, 5.74) is 0.998. The van der Waals surface area contributed by atoms with E-state index in [1.165, 1.54) is 4.90 Å². The lowest BCUT2D eigenvalue weighted by molar-refractivity contribution is -0.133. The number of amides is 2. The van der Waals surface area contributed by atoms with E-state index < -0.39 is 11.7 Å². The highest BCUT2D eigenvalue weighted by molar-refractivity contribution is 6.42. The van der Waals surface area contributed by atoms with Crippen molar-refractivity contribution in [1.82, 2.24) is 9.47 Å². The number of benzene rings is 1. The van der Waals surface area contributed by atoms with Crippen molar-refractivity contribution in [1.29, 1.82) is 0 Å². The van der Waals surface area contributed by atoms with Crippen molar-refractivity contribution in [2.75, 3.05) is 24.5 Å². The molecule has 1 aliphatic heterocycles. The molecule has 6 nitrogen and oxygen atoms in total. The maximum absolute atomic E-state index is 12.4. The molecule has 1 fully saturated rings. The number of nitrogens with zero attached hydrogens (tertiary/aromatic N) is 3. The molecule has 0 spiro atoms. The molecule has 2 amide bonds. The Hall–Kier alpha value is -2.60. The topological polar surface area (TPSA) is 62.6 Å². The highest BCUT2D eigenvalue weighted by Crippen LogP contribution is 2.21. The van der Waals surface area contributed by atoms with Gasteiger partial charge in [-0.25, -0.2) is 0 Å². The molecule has 124 valence electrons. The van der Waals surface area contributed by atoms with E-state index in [2.05, 4.69) is 0 Å². The summed E-state index contributed by atoms with van der Waals surface area (Å²) in [5, 5.41) is 0.540. The van der Waals surface area contributed by atoms with Gasteiger partial charge in [0.2, 0.25) is 5.91 Å². The molecule has 1 aromatic carbocycles. The van der Waals surface area contributed by atoms with Gasteiger partial charge in [-0.2, -0.15) is 0 Å². The van der Waals surface area contributed by atoms with Crippen LogP contribution in [0.25, 0.3) is 0 Å². The van der Waals surface area contributed by atoms with Crippen LogP contribution in [0.1, 0.15) is 10.5 Å². The second kappa shape index (κ2) is 6.49. The minimum atomic E-state index is -0.657. The maximum Gasteiger partial charge on any atom is 0.297 e. The van der Waals surface area contributed by atoms with Crippen molar-refractivity contribution in [3.63, 3.8) is 0 Å². The Morgan fingerprint density at radius 3 is 2.54 bits per heavy atom. The first-order valence-corrected chi connectivity index (χ1v) is 7.86. The average Bonchev–Trinajstić information content (AvgIpc) is 2.99. The van der Waals surface area contributed by atoms with E-state index in [1.54, 1.807) is 59.1 Å². The lowest BCUT2D eigenvalue weighted by Gasteiger charge is -2.34. The van der Waals surface area contributed by atoms with Crippen LogP contribution in [-0.2, 0) is 16.6 Å². The van der Waals surface area contributed by atoms with Crippen molar-refractivity contribution in [3.05, 3.63) is 53.3 Å². The molecule has 0 radical (unpaired) electrons. The predicted molar refractivity (Wildman–Crippen MR) is 90.1 cm³/mol. The SMILES string of the molecule is Cn1cccc1C(=O)C(=O)N1CCN(c2cccc(Cl)c2)C(=O)C1. The summed E-state index contributed by atoms with van der Waals surface area (Å²) in [6.45, 7) is 0.500. The quantitative estimate of drug-likeness (QED) is 0.628. The van der Waals surface area contributed by atoms with Crippen molar-refractivity contribution in [2.45, 2.75) is 0 Å². The molecule has 1 aromatic heterocycles. The van der Waals surface area contributed by atoms with E-state index >= 15 is 0 Å². The van der Waals surface area contributed by atoms with Crippen molar-refractivity contribution >= 4 is 34.9 Å². The first kappa shape index (κ1) is 16.3. The summed E-state index contributed by atoms with van der Waals surface area (Å²) in [6, 6.07) is 10.3. The van der Waals surface area contributed by atoms with Crippen LogP contribution in [0.3, 0.4) is 0 Å². The summed E-state index contributed by atoms with van der Waals surface area (Å²) in [5.74, 6) is -1.50. The predicted octanol–water partition coefficient (Wildman–Crippen LogP) is 1.74. The number of hydrogen-bond acceptors (Lipinski definition) is 3. The number of hydrogen-bond donors (Lipinski definition) is 0. The molecule has 2 heterocycles. The standard InChI is InChI=1S/C17H16ClN3O3/c1-19-7-3-6-14(19)16(23)17(24)20-8-9-21(15(22)11-20)13-5-2-4-12(18)10-13/h2-7,10H,8-9,11H2,1H3. The van der Waals surface area contributed by atoms with Gasteiger partial charge in [0.1, 0.15) is 6.54 Å². The normalized spacial score (nSPS) is 14.8. The van der Waals surface area contributed by atoms with E-state index in [0.29, 0.717) is 29.5 Å². The van der Waals surface area contributed by atoms with Crippen molar-refractivity contribution < 1.29 is 14.4 Å². The highest BCUT2D eigenvalue weighted by Gasteiger charge is 2.32. The zero-order valence-corrected chi connectivity index (χ0v) is 13.9. The van der Waals surface area contributed by atoms with E-state index in [4.69, 9.17) is 11.6 Å². The van der Waals surface area contributed by atoms with Gasteiger partial charge in [0, 0.05) is 37.0 Å². The molecule has 0 aliphatic carbocycles. The first-order valence-electron chi connectivity index (χ1n) is 7.48. The van der Waals surface area contributed by atoms with E-state index in [1.807, 2.05) is 0 Å². The second-order valence-corrected chi connectivity index (χ2v) is 6.02. The number of carbonyl (C=O) groups is 3. The number of piperazine rings is 1. The Kier molecular flexibility index (Phi) is 4.40. The fourth-order valence-electron chi connectivity index (χ4n) is 2.71. The van der Waals surface area contributed by atoms with Gasteiger partial charge in [0.15, 0.2) is 0 Å². The van der Waals surface area contributed by atoms with Crippen LogP contribution in [0, 0.1) is 0 Å². The van der Waals surface area contributed by atoms with Crippen LogP contribution in [-0.4, -0.2) is 46.7 Å². The zero-order valence-electron chi connectivity index (χ0n) is 13.1. The molecule has 7 heteroatoms. The van der Waals surface area contributed by atoms with Gasteiger partial charge in [-0.15, -0.1) is 0 Å². The number of carbonyl (C=O) groups excluding carboxylic acids is 3. The number of anilines is 1. The van der Waals surface area contributed by atoms with Crippen molar-refractivity contribution in [3.8, 4) is 0 Å². The lowest BCUT2D eigenvalue weighted by Crippen LogP contribution is -2.54. The Morgan fingerprint density at radius 1 is 1.12 bits per heavy atom. The van der Waals surface area contributed by atoms with Crippen LogP contribution in [0.15, 0.2) is 42.6 Å². The highest BCUT2D eigenvalue weighted by atomic mass is 35.5. The number of aromatic nitrogens is 1. The van der Waals surface area contributed by atoms with E-state index in [9.17, 15) is 14.4 Å². The minimum absolute atomic E-state index is 0.124. The first-order chi connectivity index (χ1) is 11.5. The van der Waals surface area contributed by atoms with Crippen molar-refractivity contribution in [2.24, 2.45) is 7.05 Å². The number of halogens is 1. The monoisotopic (exact) mass is 345 g/mol. The third-order valence-corrected chi connectivity index (χ3v) is 4.23. The fraction of sp³-hybridized carbons (Fsp3) is 0.235. The molecule has 3 rings (SSSR count). The molecule has 2 aromatic rings. The van der Waals surface area contributed by atoms with Gasteiger partial charge in [0.25, 0.3) is 11.7 Å². The molecule has 0 N–H and O–H groups in total. The molecule has 24 heavy (non-hydrogen) atoms. The molecule has 1 aliphatic rings. The minimum Gasteiger partial charge on any atom is -0.348 e. The van der Waals surface area contributed by atoms with Crippen LogP contribution >= 0.6 is 11.6 Å². The summed E-state index contributed by atoms with van der Waals surface area (Å²) in [7, 11) is 1.70. The molecule has 1 saturated heterocycles. The smallest absolute Gasteiger partial charge is 0.297 e. The molecular formula is C17H16ClN3O3. The summed E-state index contributed by atoms with van der Waals surface area (Å²) in [6.07, 6.45) is 1.70. The number of aryl methyl sites for hydroxylation is 1. The van der Waals surface area contributed by atoms with Gasteiger partial charge >= 0.3 is 0 Å².